The Labute approximate surface area is 170 Å². The van der Waals surface area contributed by atoms with E-state index in [2.05, 4.69) is 14.8 Å². The molecule has 0 saturated carbocycles. The third-order valence-corrected chi connectivity index (χ3v) is 6.19. The first-order valence-electron chi connectivity index (χ1n) is 9.14. The van der Waals surface area contributed by atoms with Crippen LogP contribution in [0.3, 0.4) is 0 Å². The van der Waals surface area contributed by atoms with Gasteiger partial charge in [-0.3, -0.25) is 4.79 Å². The Bertz CT molecular complexity index is 1040. The lowest BCUT2D eigenvalue weighted by molar-refractivity contribution is -0.131. The number of aromatic nitrogens is 3. The van der Waals surface area contributed by atoms with Crippen molar-refractivity contribution >= 4 is 15.9 Å². The first kappa shape index (κ1) is 20.7. The molecule has 1 aromatic heterocycles. The van der Waals surface area contributed by atoms with Gasteiger partial charge in [-0.1, -0.05) is 30.3 Å². The highest BCUT2D eigenvalue weighted by Gasteiger charge is 2.19. The molecule has 0 aliphatic rings. The number of sulfonamides is 1. The Morgan fingerprint density at radius 1 is 1.14 bits per heavy atom. The number of rotatable bonds is 8. The van der Waals surface area contributed by atoms with Gasteiger partial charge in [0.05, 0.1) is 16.6 Å². The second-order valence-corrected chi connectivity index (χ2v) is 8.34. The topological polar surface area (TPSA) is 97.2 Å². The van der Waals surface area contributed by atoms with Crippen molar-refractivity contribution in [1.29, 1.82) is 0 Å². The van der Waals surface area contributed by atoms with Gasteiger partial charge in [-0.2, -0.15) is 5.10 Å². The van der Waals surface area contributed by atoms with Crippen LogP contribution in [-0.2, 0) is 14.8 Å². The molecule has 1 amide bonds. The summed E-state index contributed by atoms with van der Waals surface area (Å²) < 4.78 is 28.6. The van der Waals surface area contributed by atoms with Gasteiger partial charge >= 0.3 is 0 Å². The second kappa shape index (κ2) is 8.97. The van der Waals surface area contributed by atoms with Gasteiger partial charge in [0, 0.05) is 20.0 Å². The van der Waals surface area contributed by atoms with Crippen molar-refractivity contribution < 1.29 is 13.2 Å². The quantitative estimate of drug-likeness (QED) is 0.610. The highest BCUT2D eigenvalue weighted by molar-refractivity contribution is 7.89. The Morgan fingerprint density at radius 3 is 2.45 bits per heavy atom. The maximum absolute atomic E-state index is 12.5. The summed E-state index contributed by atoms with van der Waals surface area (Å²) in [4.78, 5) is 18.2. The molecule has 9 heteroatoms. The van der Waals surface area contributed by atoms with E-state index in [1.165, 1.54) is 18.5 Å². The lowest BCUT2D eigenvalue weighted by atomic mass is 10.1. The fourth-order valence-electron chi connectivity index (χ4n) is 2.84. The standard InChI is InChI=1S/C20H23N5O3S/c1-16(17-8-10-18(11-9-17)25-15-21-14-22-25)24(2)20(26)12-13-23-29(27,28)19-6-4-3-5-7-19/h3-11,14-16,23H,12-13H2,1-2H3/t16-/m0/s1. The summed E-state index contributed by atoms with van der Waals surface area (Å²) in [5.74, 6) is -0.145. The number of benzene rings is 2. The summed E-state index contributed by atoms with van der Waals surface area (Å²) >= 11 is 0. The zero-order valence-corrected chi connectivity index (χ0v) is 17.1. The monoisotopic (exact) mass is 413 g/mol. The molecule has 8 nitrogen and oxygen atoms in total. The van der Waals surface area contributed by atoms with Crippen LogP contribution in [0.1, 0.15) is 24.9 Å². The molecule has 0 spiro atoms. The maximum atomic E-state index is 12.5. The largest absolute Gasteiger partial charge is 0.339 e. The minimum absolute atomic E-state index is 0.0400. The van der Waals surface area contributed by atoms with Crippen molar-refractivity contribution in [2.75, 3.05) is 13.6 Å². The Hall–Kier alpha value is -3.04. The molecule has 0 radical (unpaired) electrons. The van der Waals surface area contributed by atoms with Crippen LogP contribution in [0, 0.1) is 0 Å². The molecule has 1 heterocycles. The van der Waals surface area contributed by atoms with Crippen molar-refractivity contribution in [3.05, 3.63) is 72.8 Å². The number of hydrogen-bond acceptors (Lipinski definition) is 5. The number of amides is 1. The van der Waals surface area contributed by atoms with Crippen LogP contribution in [0.5, 0.6) is 0 Å². The lowest BCUT2D eigenvalue weighted by Gasteiger charge is -2.25. The molecule has 29 heavy (non-hydrogen) atoms. The van der Waals surface area contributed by atoms with Gasteiger partial charge in [0.1, 0.15) is 12.7 Å². The number of carbonyl (C=O) groups is 1. The van der Waals surface area contributed by atoms with Crippen LogP contribution < -0.4 is 4.72 Å². The van der Waals surface area contributed by atoms with Gasteiger partial charge in [-0.15, -0.1) is 0 Å². The predicted octanol–water partition coefficient (Wildman–Crippen LogP) is 2.16. The SMILES string of the molecule is C[C@@H](c1ccc(-n2cncn2)cc1)N(C)C(=O)CCNS(=O)(=O)c1ccccc1. The van der Waals surface area contributed by atoms with Gasteiger partial charge < -0.3 is 4.90 Å². The third kappa shape index (κ3) is 5.07. The molecule has 0 bridgehead atoms. The highest BCUT2D eigenvalue weighted by Crippen LogP contribution is 2.21. The van der Waals surface area contributed by atoms with E-state index in [0.717, 1.165) is 11.3 Å². The number of nitrogens with zero attached hydrogens (tertiary/aromatic N) is 4. The molecule has 0 saturated heterocycles. The van der Waals surface area contributed by atoms with E-state index in [0.29, 0.717) is 0 Å². The van der Waals surface area contributed by atoms with E-state index in [4.69, 9.17) is 0 Å². The highest BCUT2D eigenvalue weighted by atomic mass is 32.2. The molecular formula is C20H23N5O3S. The van der Waals surface area contributed by atoms with Crippen LogP contribution in [0.15, 0.2) is 72.1 Å². The average molecular weight is 414 g/mol. The molecule has 152 valence electrons. The predicted molar refractivity (Wildman–Crippen MR) is 109 cm³/mol. The van der Waals surface area contributed by atoms with Crippen molar-refractivity contribution in [3.63, 3.8) is 0 Å². The number of carbonyl (C=O) groups excluding carboxylic acids is 1. The summed E-state index contributed by atoms with van der Waals surface area (Å²) in [7, 11) is -1.90. The van der Waals surface area contributed by atoms with Gasteiger partial charge in [0.25, 0.3) is 0 Å². The van der Waals surface area contributed by atoms with Crippen molar-refractivity contribution in [1.82, 2.24) is 24.4 Å². The Balaban J connectivity index is 1.55. The fraction of sp³-hybridized carbons (Fsp3) is 0.250. The van der Waals surface area contributed by atoms with Crippen LogP contribution in [-0.4, -0.2) is 47.6 Å². The first-order valence-corrected chi connectivity index (χ1v) is 10.6. The summed E-state index contributed by atoms with van der Waals surface area (Å²) in [6, 6.07) is 15.6. The Kier molecular flexibility index (Phi) is 6.40. The lowest BCUT2D eigenvalue weighted by Crippen LogP contribution is -2.33. The van der Waals surface area contributed by atoms with Gasteiger partial charge in [0.15, 0.2) is 0 Å². The molecule has 0 unspecified atom stereocenters. The first-order chi connectivity index (χ1) is 13.9. The molecule has 0 aliphatic heterocycles. The zero-order chi connectivity index (χ0) is 20.9. The summed E-state index contributed by atoms with van der Waals surface area (Å²) in [6.45, 7) is 1.97. The molecule has 3 rings (SSSR count). The van der Waals surface area contributed by atoms with E-state index >= 15 is 0 Å². The Morgan fingerprint density at radius 2 is 1.83 bits per heavy atom. The van der Waals surface area contributed by atoms with Gasteiger partial charge in [-0.05, 0) is 36.8 Å². The normalized spacial score (nSPS) is 12.5. The van der Waals surface area contributed by atoms with Crippen LogP contribution in [0.25, 0.3) is 5.69 Å². The van der Waals surface area contributed by atoms with Crippen molar-refractivity contribution in [3.8, 4) is 5.69 Å². The van der Waals surface area contributed by atoms with Crippen molar-refractivity contribution in [2.45, 2.75) is 24.3 Å². The fourth-order valence-corrected chi connectivity index (χ4v) is 3.89. The van der Waals surface area contributed by atoms with Gasteiger partial charge in [-0.25, -0.2) is 22.8 Å². The van der Waals surface area contributed by atoms with Crippen LogP contribution in [0.2, 0.25) is 0 Å². The van der Waals surface area contributed by atoms with E-state index in [-0.39, 0.29) is 29.8 Å². The van der Waals surface area contributed by atoms with E-state index in [1.807, 2.05) is 31.2 Å². The molecule has 0 aliphatic carbocycles. The molecular weight excluding hydrogens is 390 g/mol. The third-order valence-electron chi connectivity index (χ3n) is 4.72. The maximum Gasteiger partial charge on any atom is 0.240 e. The van der Waals surface area contributed by atoms with Crippen LogP contribution >= 0.6 is 0 Å². The summed E-state index contributed by atoms with van der Waals surface area (Å²) in [6.07, 6.45) is 3.16. The minimum atomic E-state index is -3.61. The van der Waals surface area contributed by atoms with Crippen LogP contribution in [0.4, 0.5) is 0 Å². The smallest absolute Gasteiger partial charge is 0.240 e. The van der Waals surface area contributed by atoms with E-state index in [1.54, 1.807) is 41.2 Å². The average Bonchev–Trinajstić information content (AvgIpc) is 3.28. The number of nitrogens with one attached hydrogen (secondary N) is 1. The summed E-state index contributed by atoms with van der Waals surface area (Å²) in [5.41, 5.74) is 1.84. The van der Waals surface area contributed by atoms with Gasteiger partial charge in [0.2, 0.25) is 15.9 Å². The molecule has 1 N–H and O–H groups in total. The van der Waals surface area contributed by atoms with Crippen molar-refractivity contribution in [2.24, 2.45) is 0 Å². The molecule has 2 aromatic carbocycles. The molecule has 1 atom stereocenters. The van der Waals surface area contributed by atoms with E-state index < -0.39 is 10.0 Å². The second-order valence-electron chi connectivity index (χ2n) is 6.57. The van der Waals surface area contributed by atoms with E-state index in [9.17, 15) is 13.2 Å². The molecule has 3 aromatic rings. The summed E-state index contributed by atoms with van der Waals surface area (Å²) in [5, 5.41) is 4.08. The molecule has 0 fully saturated rings. The number of hydrogen-bond donors (Lipinski definition) is 1. The minimum Gasteiger partial charge on any atom is -0.339 e. The zero-order valence-electron chi connectivity index (χ0n) is 16.3.